The van der Waals surface area contributed by atoms with Crippen molar-refractivity contribution < 1.29 is 18.7 Å². The van der Waals surface area contributed by atoms with Crippen molar-refractivity contribution in [2.45, 2.75) is 13.1 Å². The van der Waals surface area contributed by atoms with E-state index < -0.39 is 17.9 Å². The summed E-state index contributed by atoms with van der Waals surface area (Å²) >= 11 is 0. The van der Waals surface area contributed by atoms with Crippen molar-refractivity contribution in [2.75, 3.05) is 6.61 Å². The van der Waals surface area contributed by atoms with Gasteiger partial charge in [-0.2, -0.15) is 0 Å². The molecular weight excluding hydrogens is 237 g/mol. The van der Waals surface area contributed by atoms with Crippen molar-refractivity contribution >= 4 is 24.2 Å². The van der Waals surface area contributed by atoms with Crippen molar-refractivity contribution in [1.29, 1.82) is 0 Å². The molecule has 0 spiro atoms. The minimum atomic E-state index is -2.26. The number of nitrogens with zero attached hydrogens (tertiary/aromatic N) is 1. The van der Waals surface area contributed by atoms with Crippen LogP contribution in [0.1, 0.15) is 17.3 Å². The number of carbonyl (C=O) groups excluding carboxylic acids is 2. The minimum Gasteiger partial charge on any atom is -0.463 e. The van der Waals surface area contributed by atoms with E-state index in [-0.39, 0.29) is 24.6 Å². The standard InChI is InChI=1S/C10H10FNO3.ClH/c1-2-15-10(14)8(11)9(13)7-3-5-12-6-4-7;/h3-6,8H,2H2,1H3;1H. The van der Waals surface area contributed by atoms with Crippen LogP contribution in [-0.4, -0.2) is 29.5 Å². The molecule has 0 aromatic carbocycles. The molecule has 1 rings (SSSR count). The number of hydrogen-bond donors (Lipinski definition) is 0. The van der Waals surface area contributed by atoms with E-state index in [0.29, 0.717) is 0 Å². The van der Waals surface area contributed by atoms with Gasteiger partial charge in [-0.1, -0.05) is 0 Å². The summed E-state index contributed by atoms with van der Waals surface area (Å²) in [5.41, 5.74) is 0.102. The largest absolute Gasteiger partial charge is 0.463 e. The van der Waals surface area contributed by atoms with E-state index >= 15 is 0 Å². The number of pyridine rings is 1. The quantitative estimate of drug-likeness (QED) is 0.461. The first-order chi connectivity index (χ1) is 7.16. The Kier molecular flexibility index (Phi) is 6.25. The van der Waals surface area contributed by atoms with E-state index in [1.807, 2.05) is 0 Å². The van der Waals surface area contributed by atoms with E-state index in [2.05, 4.69) is 9.72 Å². The topological polar surface area (TPSA) is 56.3 Å². The van der Waals surface area contributed by atoms with Crippen molar-refractivity contribution in [3.8, 4) is 0 Å². The number of aromatic nitrogens is 1. The SMILES string of the molecule is CCOC(=O)C(F)C(=O)c1ccncc1.Cl. The van der Waals surface area contributed by atoms with Crippen LogP contribution in [0.3, 0.4) is 0 Å². The summed E-state index contributed by atoms with van der Waals surface area (Å²) in [5.74, 6) is -2.06. The molecule has 16 heavy (non-hydrogen) atoms. The van der Waals surface area contributed by atoms with Gasteiger partial charge >= 0.3 is 5.97 Å². The number of ether oxygens (including phenoxy) is 1. The van der Waals surface area contributed by atoms with E-state index in [1.165, 1.54) is 24.5 Å². The van der Waals surface area contributed by atoms with E-state index in [9.17, 15) is 14.0 Å². The lowest BCUT2D eigenvalue weighted by Crippen LogP contribution is -2.27. The van der Waals surface area contributed by atoms with Crippen LogP contribution in [0.2, 0.25) is 0 Å². The van der Waals surface area contributed by atoms with Crippen molar-refractivity contribution in [3.05, 3.63) is 30.1 Å². The number of halogens is 2. The Morgan fingerprint density at radius 1 is 1.44 bits per heavy atom. The maximum atomic E-state index is 13.2. The van der Waals surface area contributed by atoms with Gasteiger partial charge in [0.1, 0.15) is 0 Å². The van der Waals surface area contributed by atoms with Crippen LogP contribution in [0.4, 0.5) is 4.39 Å². The lowest BCUT2D eigenvalue weighted by Gasteiger charge is -2.05. The van der Waals surface area contributed by atoms with Crippen molar-refractivity contribution in [1.82, 2.24) is 4.98 Å². The van der Waals surface area contributed by atoms with Gasteiger partial charge in [0.25, 0.3) is 6.17 Å². The second-order valence-electron chi connectivity index (χ2n) is 2.71. The van der Waals surface area contributed by atoms with Gasteiger partial charge in [0.15, 0.2) is 0 Å². The molecule has 0 saturated heterocycles. The number of rotatable bonds is 4. The summed E-state index contributed by atoms with van der Waals surface area (Å²) < 4.78 is 17.6. The number of esters is 1. The van der Waals surface area contributed by atoms with Gasteiger partial charge in [0.2, 0.25) is 5.78 Å². The highest BCUT2D eigenvalue weighted by atomic mass is 35.5. The van der Waals surface area contributed by atoms with Gasteiger partial charge in [0, 0.05) is 18.0 Å². The molecule has 0 aliphatic carbocycles. The highest BCUT2D eigenvalue weighted by Gasteiger charge is 2.28. The second kappa shape index (κ2) is 6.90. The highest BCUT2D eigenvalue weighted by Crippen LogP contribution is 2.06. The highest BCUT2D eigenvalue weighted by molar-refractivity contribution is 6.10. The first-order valence-corrected chi connectivity index (χ1v) is 4.41. The first-order valence-electron chi connectivity index (χ1n) is 4.41. The normalized spacial score (nSPS) is 11.1. The van der Waals surface area contributed by atoms with Crippen LogP contribution in [0.25, 0.3) is 0 Å². The average Bonchev–Trinajstić information content (AvgIpc) is 2.28. The summed E-state index contributed by atoms with van der Waals surface area (Å²) in [4.78, 5) is 26.0. The Bertz CT molecular complexity index is 358. The molecule has 0 fully saturated rings. The molecule has 1 aromatic rings. The fraction of sp³-hybridized carbons (Fsp3) is 0.300. The molecule has 88 valence electrons. The molecule has 1 heterocycles. The number of carbonyl (C=O) groups is 2. The fourth-order valence-corrected chi connectivity index (χ4v) is 0.985. The van der Waals surface area contributed by atoms with Gasteiger partial charge < -0.3 is 4.74 Å². The molecule has 6 heteroatoms. The van der Waals surface area contributed by atoms with Gasteiger partial charge in [-0.3, -0.25) is 9.78 Å². The molecule has 0 bridgehead atoms. The van der Waals surface area contributed by atoms with Gasteiger partial charge in [-0.05, 0) is 19.1 Å². The number of hydrogen-bond acceptors (Lipinski definition) is 4. The van der Waals surface area contributed by atoms with Crippen molar-refractivity contribution in [2.24, 2.45) is 0 Å². The molecule has 4 nitrogen and oxygen atoms in total. The Morgan fingerprint density at radius 2 is 2.00 bits per heavy atom. The van der Waals surface area contributed by atoms with E-state index in [1.54, 1.807) is 6.92 Å². The van der Waals surface area contributed by atoms with Crippen LogP contribution in [-0.2, 0) is 9.53 Å². The molecule has 0 aliphatic heterocycles. The maximum absolute atomic E-state index is 13.2. The lowest BCUT2D eigenvalue weighted by molar-refractivity contribution is -0.147. The van der Waals surface area contributed by atoms with Crippen LogP contribution in [0, 0.1) is 0 Å². The predicted molar refractivity (Wildman–Crippen MR) is 57.3 cm³/mol. The second-order valence-corrected chi connectivity index (χ2v) is 2.71. The Morgan fingerprint density at radius 3 is 2.50 bits per heavy atom. The summed E-state index contributed by atoms with van der Waals surface area (Å²) in [7, 11) is 0. The third kappa shape index (κ3) is 3.58. The Balaban J connectivity index is 0.00000225. The molecule has 0 N–H and O–H groups in total. The summed E-state index contributed by atoms with van der Waals surface area (Å²) in [6, 6.07) is 2.68. The number of alkyl halides is 1. The number of ketones is 1. The van der Waals surface area contributed by atoms with Gasteiger partial charge in [-0.15, -0.1) is 12.4 Å². The molecule has 0 amide bonds. The summed E-state index contributed by atoms with van der Waals surface area (Å²) in [5, 5.41) is 0. The zero-order valence-electron chi connectivity index (χ0n) is 8.55. The van der Waals surface area contributed by atoms with Crippen LogP contribution >= 0.6 is 12.4 Å². The fourth-order valence-electron chi connectivity index (χ4n) is 0.985. The van der Waals surface area contributed by atoms with E-state index in [4.69, 9.17) is 0 Å². The third-order valence-corrected chi connectivity index (χ3v) is 1.69. The summed E-state index contributed by atoms with van der Waals surface area (Å²) in [6.07, 6.45) is 0.447. The average molecular weight is 248 g/mol. The molecule has 0 saturated carbocycles. The summed E-state index contributed by atoms with van der Waals surface area (Å²) in [6.45, 7) is 1.59. The zero-order valence-corrected chi connectivity index (χ0v) is 9.37. The smallest absolute Gasteiger partial charge is 0.348 e. The maximum Gasteiger partial charge on any atom is 0.348 e. The van der Waals surface area contributed by atoms with Crippen LogP contribution in [0.5, 0.6) is 0 Å². The van der Waals surface area contributed by atoms with Gasteiger partial charge in [0.05, 0.1) is 6.61 Å². The van der Waals surface area contributed by atoms with E-state index in [0.717, 1.165) is 0 Å². The molecule has 0 aliphatic rings. The monoisotopic (exact) mass is 247 g/mol. The lowest BCUT2D eigenvalue weighted by atomic mass is 10.1. The molecule has 1 atom stereocenters. The zero-order chi connectivity index (χ0) is 11.3. The van der Waals surface area contributed by atoms with Crippen molar-refractivity contribution in [3.63, 3.8) is 0 Å². The molecular formula is C10H11ClFNO3. The van der Waals surface area contributed by atoms with Crippen LogP contribution < -0.4 is 0 Å². The van der Waals surface area contributed by atoms with Gasteiger partial charge in [-0.25, -0.2) is 9.18 Å². The molecule has 1 unspecified atom stereocenters. The Hall–Kier alpha value is -1.49. The number of Topliss-reactive ketones (excluding diaryl/α,β-unsaturated/α-hetero) is 1. The third-order valence-electron chi connectivity index (χ3n) is 1.69. The first kappa shape index (κ1) is 14.5. The predicted octanol–water partition coefficient (Wildman–Crippen LogP) is 1.59. The minimum absolute atomic E-state index is 0. The Labute approximate surface area is 98.2 Å². The van der Waals surface area contributed by atoms with Crippen LogP contribution in [0.15, 0.2) is 24.5 Å². The molecule has 1 aromatic heterocycles. The molecule has 0 radical (unpaired) electrons.